The van der Waals surface area contributed by atoms with E-state index in [4.69, 9.17) is 5.73 Å². The lowest BCUT2D eigenvalue weighted by Gasteiger charge is -2.36. The standard InChI is InChI=1S/C8H16FN/c1-8(2,9)7(10)6-4-3-5-6/h6-7H,3-5,10H2,1-2H3. The molecule has 1 nitrogen and oxygen atoms in total. The lowest BCUT2D eigenvalue weighted by Crippen LogP contribution is -2.47. The van der Waals surface area contributed by atoms with E-state index in [0.717, 1.165) is 12.8 Å². The van der Waals surface area contributed by atoms with Crippen LogP contribution in [-0.2, 0) is 0 Å². The highest BCUT2D eigenvalue weighted by Gasteiger charge is 2.35. The molecule has 60 valence electrons. The second-order valence-corrected chi connectivity index (χ2v) is 3.78. The summed E-state index contributed by atoms with van der Waals surface area (Å²) in [6, 6.07) is -0.249. The maximum Gasteiger partial charge on any atom is 0.120 e. The van der Waals surface area contributed by atoms with Gasteiger partial charge in [-0.05, 0) is 32.6 Å². The maximum absolute atomic E-state index is 13.1. The van der Waals surface area contributed by atoms with Crippen molar-refractivity contribution >= 4 is 0 Å². The van der Waals surface area contributed by atoms with Crippen LogP contribution >= 0.6 is 0 Å². The van der Waals surface area contributed by atoms with E-state index in [1.165, 1.54) is 6.42 Å². The molecule has 2 heteroatoms. The average molecular weight is 145 g/mol. The number of halogens is 1. The Labute approximate surface area is 61.8 Å². The topological polar surface area (TPSA) is 26.0 Å². The normalized spacial score (nSPS) is 24.0. The van der Waals surface area contributed by atoms with Gasteiger partial charge in [0, 0.05) is 6.04 Å². The summed E-state index contributed by atoms with van der Waals surface area (Å²) < 4.78 is 13.1. The van der Waals surface area contributed by atoms with Gasteiger partial charge in [0.1, 0.15) is 5.67 Å². The SMILES string of the molecule is CC(C)(F)C(N)C1CCC1. The third-order valence-corrected chi connectivity index (χ3v) is 2.45. The quantitative estimate of drug-likeness (QED) is 0.630. The van der Waals surface area contributed by atoms with Gasteiger partial charge in [0.05, 0.1) is 0 Å². The molecule has 1 saturated carbocycles. The zero-order chi connectivity index (χ0) is 7.78. The van der Waals surface area contributed by atoms with Crippen molar-refractivity contribution in [2.24, 2.45) is 11.7 Å². The first-order chi connectivity index (χ1) is 4.52. The lowest BCUT2D eigenvalue weighted by molar-refractivity contribution is 0.0992. The van der Waals surface area contributed by atoms with Crippen LogP contribution in [-0.4, -0.2) is 11.7 Å². The maximum atomic E-state index is 13.1. The third-order valence-electron chi connectivity index (χ3n) is 2.45. The van der Waals surface area contributed by atoms with Crippen molar-refractivity contribution in [3.05, 3.63) is 0 Å². The largest absolute Gasteiger partial charge is 0.325 e. The highest BCUT2D eigenvalue weighted by Crippen LogP contribution is 2.33. The Morgan fingerprint density at radius 2 is 2.00 bits per heavy atom. The Bertz CT molecular complexity index is 113. The molecule has 0 aliphatic heterocycles. The van der Waals surface area contributed by atoms with E-state index < -0.39 is 5.67 Å². The molecule has 0 radical (unpaired) electrons. The van der Waals surface area contributed by atoms with Crippen LogP contribution in [0.3, 0.4) is 0 Å². The van der Waals surface area contributed by atoms with E-state index in [-0.39, 0.29) is 6.04 Å². The summed E-state index contributed by atoms with van der Waals surface area (Å²) in [6.07, 6.45) is 3.47. The lowest BCUT2D eigenvalue weighted by atomic mass is 9.75. The Morgan fingerprint density at radius 1 is 1.50 bits per heavy atom. The van der Waals surface area contributed by atoms with Gasteiger partial charge in [-0.25, -0.2) is 4.39 Å². The van der Waals surface area contributed by atoms with E-state index >= 15 is 0 Å². The van der Waals surface area contributed by atoms with Gasteiger partial charge >= 0.3 is 0 Å². The van der Waals surface area contributed by atoms with E-state index in [2.05, 4.69) is 0 Å². The van der Waals surface area contributed by atoms with Crippen LogP contribution in [0.2, 0.25) is 0 Å². The molecule has 0 aromatic heterocycles. The fourth-order valence-corrected chi connectivity index (χ4v) is 1.36. The van der Waals surface area contributed by atoms with Crippen LogP contribution < -0.4 is 5.73 Å². The first kappa shape index (κ1) is 7.99. The first-order valence-electron chi connectivity index (χ1n) is 3.96. The summed E-state index contributed by atoms with van der Waals surface area (Å²) in [5.74, 6) is 0.444. The van der Waals surface area contributed by atoms with E-state index in [0.29, 0.717) is 5.92 Å². The van der Waals surface area contributed by atoms with Gasteiger partial charge in [-0.2, -0.15) is 0 Å². The van der Waals surface area contributed by atoms with Crippen molar-refractivity contribution < 1.29 is 4.39 Å². The van der Waals surface area contributed by atoms with Gasteiger partial charge in [-0.15, -0.1) is 0 Å². The van der Waals surface area contributed by atoms with Crippen LogP contribution in [0.1, 0.15) is 33.1 Å². The number of nitrogens with two attached hydrogens (primary N) is 1. The number of hydrogen-bond donors (Lipinski definition) is 1. The first-order valence-corrected chi connectivity index (χ1v) is 3.96. The molecular weight excluding hydrogens is 129 g/mol. The average Bonchev–Trinajstić information content (AvgIpc) is 1.57. The summed E-state index contributed by atoms with van der Waals surface area (Å²) in [5.41, 5.74) is 4.49. The zero-order valence-electron chi connectivity index (χ0n) is 6.73. The number of alkyl halides is 1. The molecule has 0 heterocycles. The minimum Gasteiger partial charge on any atom is -0.325 e. The minimum atomic E-state index is -1.19. The van der Waals surface area contributed by atoms with Crippen LogP contribution in [0.25, 0.3) is 0 Å². The van der Waals surface area contributed by atoms with E-state index in [1.54, 1.807) is 13.8 Å². The van der Waals surface area contributed by atoms with Crippen molar-refractivity contribution in [2.45, 2.75) is 44.8 Å². The van der Waals surface area contributed by atoms with Crippen LogP contribution in [0, 0.1) is 5.92 Å². The molecule has 1 aliphatic carbocycles. The monoisotopic (exact) mass is 145 g/mol. The van der Waals surface area contributed by atoms with Crippen molar-refractivity contribution in [3.8, 4) is 0 Å². The number of rotatable bonds is 2. The molecule has 10 heavy (non-hydrogen) atoms. The van der Waals surface area contributed by atoms with Gasteiger partial charge in [-0.1, -0.05) is 6.42 Å². The Balaban J connectivity index is 2.39. The van der Waals surface area contributed by atoms with Crippen molar-refractivity contribution in [3.63, 3.8) is 0 Å². The van der Waals surface area contributed by atoms with Gasteiger partial charge in [0.25, 0.3) is 0 Å². The molecule has 0 bridgehead atoms. The summed E-state index contributed by atoms with van der Waals surface area (Å²) in [7, 11) is 0. The summed E-state index contributed by atoms with van der Waals surface area (Å²) in [4.78, 5) is 0. The van der Waals surface area contributed by atoms with Crippen molar-refractivity contribution in [1.29, 1.82) is 0 Å². The van der Waals surface area contributed by atoms with E-state index in [9.17, 15) is 4.39 Å². The molecule has 0 aromatic carbocycles. The zero-order valence-corrected chi connectivity index (χ0v) is 6.73. The smallest absolute Gasteiger partial charge is 0.120 e. The summed E-state index contributed by atoms with van der Waals surface area (Å²) in [6.45, 7) is 3.13. The summed E-state index contributed by atoms with van der Waals surface area (Å²) >= 11 is 0. The molecular formula is C8H16FN. The van der Waals surface area contributed by atoms with Crippen LogP contribution in [0.15, 0.2) is 0 Å². The van der Waals surface area contributed by atoms with E-state index in [1.807, 2.05) is 0 Å². The molecule has 1 rings (SSSR count). The highest BCUT2D eigenvalue weighted by molar-refractivity contribution is 4.90. The Hall–Kier alpha value is -0.110. The van der Waals surface area contributed by atoms with Crippen molar-refractivity contribution in [2.75, 3.05) is 0 Å². The highest BCUT2D eigenvalue weighted by atomic mass is 19.1. The van der Waals surface area contributed by atoms with Gasteiger partial charge < -0.3 is 5.73 Å². The Kier molecular flexibility index (Phi) is 1.99. The Morgan fingerprint density at radius 3 is 2.10 bits per heavy atom. The third kappa shape index (κ3) is 1.48. The predicted octanol–water partition coefficient (Wildman–Crippen LogP) is 1.86. The molecule has 1 atom stereocenters. The molecule has 0 saturated heterocycles. The molecule has 0 spiro atoms. The van der Waals surface area contributed by atoms with Crippen molar-refractivity contribution in [1.82, 2.24) is 0 Å². The predicted molar refractivity (Wildman–Crippen MR) is 40.5 cm³/mol. The van der Waals surface area contributed by atoms with Gasteiger partial charge in [0.15, 0.2) is 0 Å². The fraction of sp³-hybridized carbons (Fsp3) is 1.00. The number of hydrogen-bond acceptors (Lipinski definition) is 1. The molecule has 2 N–H and O–H groups in total. The van der Waals surface area contributed by atoms with Gasteiger partial charge in [-0.3, -0.25) is 0 Å². The molecule has 1 aliphatic rings. The van der Waals surface area contributed by atoms with Gasteiger partial charge in [0.2, 0.25) is 0 Å². The summed E-state index contributed by atoms with van der Waals surface area (Å²) in [5, 5.41) is 0. The molecule has 1 fully saturated rings. The van der Waals surface area contributed by atoms with Crippen LogP contribution in [0.5, 0.6) is 0 Å². The molecule has 0 aromatic rings. The second kappa shape index (κ2) is 2.50. The second-order valence-electron chi connectivity index (χ2n) is 3.78. The molecule has 0 amide bonds. The molecule has 1 unspecified atom stereocenters. The minimum absolute atomic E-state index is 0.249. The fourth-order valence-electron chi connectivity index (χ4n) is 1.36. The van der Waals surface area contributed by atoms with Crippen LogP contribution in [0.4, 0.5) is 4.39 Å².